The van der Waals surface area contributed by atoms with Crippen LogP contribution in [0.15, 0.2) is 23.1 Å². The van der Waals surface area contributed by atoms with Gasteiger partial charge in [-0.2, -0.15) is 0 Å². The van der Waals surface area contributed by atoms with E-state index in [0.29, 0.717) is 31.8 Å². The van der Waals surface area contributed by atoms with Crippen molar-refractivity contribution in [3.05, 3.63) is 29.6 Å². The van der Waals surface area contributed by atoms with Crippen molar-refractivity contribution < 1.29 is 23.8 Å². The van der Waals surface area contributed by atoms with Gasteiger partial charge in [0.15, 0.2) is 0 Å². The Bertz CT molecular complexity index is 500. The highest BCUT2D eigenvalue weighted by atomic mass is 32.2. The Morgan fingerprint density at radius 1 is 1.43 bits per heavy atom. The second-order valence-corrected chi connectivity index (χ2v) is 6.15. The van der Waals surface area contributed by atoms with Gasteiger partial charge in [-0.25, -0.2) is 4.39 Å². The number of benzene rings is 1. The molecule has 1 aliphatic rings. The molecule has 0 radical (unpaired) electrons. The molecule has 0 saturated carbocycles. The molecule has 0 bridgehead atoms. The third kappa shape index (κ3) is 4.18. The molecule has 6 heteroatoms. The van der Waals surface area contributed by atoms with Gasteiger partial charge in [-0.15, -0.1) is 11.8 Å². The second-order valence-electron chi connectivity index (χ2n) is 4.98. The molecule has 0 amide bonds. The van der Waals surface area contributed by atoms with Crippen molar-refractivity contribution in [1.29, 1.82) is 0 Å². The fraction of sp³-hybridized carbons (Fsp3) is 0.533. The van der Waals surface area contributed by atoms with Gasteiger partial charge in [0.2, 0.25) is 0 Å². The van der Waals surface area contributed by atoms with Gasteiger partial charge in [0.25, 0.3) is 0 Å². The van der Waals surface area contributed by atoms with E-state index in [1.807, 2.05) is 6.07 Å². The van der Waals surface area contributed by atoms with Crippen LogP contribution in [0.3, 0.4) is 0 Å². The van der Waals surface area contributed by atoms with Gasteiger partial charge in [0.1, 0.15) is 5.82 Å². The summed E-state index contributed by atoms with van der Waals surface area (Å²) in [6, 6.07) is 4.82. The van der Waals surface area contributed by atoms with Crippen LogP contribution in [0.4, 0.5) is 4.39 Å². The second kappa shape index (κ2) is 7.24. The van der Waals surface area contributed by atoms with Gasteiger partial charge in [-0.05, 0) is 23.8 Å². The highest BCUT2D eigenvalue weighted by molar-refractivity contribution is 7.99. The average Bonchev–Trinajstić information content (AvgIpc) is 2.47. The van der Waals surface area contributed by atoms with Crippen molar-refractivity contribution in [3.8, 4) is 0 Å². The van der Waals surface area contributed by atoms with Gasteiger partial charge in [0.05, 0.1) is 12.0 Å². The molecule has 4 nitrogen and oxygen atoms in total. The molecule has 1 N–H and O–H groups in total. The van der Waals surface area contributed by atoms with Crippen LogP contribution < -0.4 is 0 Å². The number of halogens is 1. The van der Waals surface area contributed by atoms with Crippen LogP contribution in [0, 0.1) is 5.82 Å². The number of carboxylic acid groups (broad SMARTS) is 1. The zero-order valence-corrected chi connectivity index (χ0v) is 12.7. The van der Waals surface area contributed by atoms with Crippen LogP contribution in [0.2, 0.25) is 0 Å². The molecule has 0 spiro atoms. The molecule has 116 valence electrons. The van der Waals surface area contributed by atoms with E-state index in [9.17, 15) is 9.18 Å². The molecule has 1 fully saturated rings. The van der Waals surface area contributed by atoms with Gasteiger partial charge in [-0.1, -0.05) is 0 Å². The number of hydrogen-bond donors (Lipinski definition) is 1. The minimum atomic E-state index is -0.850. The molecule has 0 aliphatic carbocycles. The van der Waals surface area contributed by atoms with Crippen molar-refractivity contribution in [2.24, 2.45) is 0 Å². The van der Waals surface area contributed by atoms with Crippen LogP contribution in [0.5, 0.6) is 0 Å². The molecule has 0 unspecified atom stereocenters. The zero-order valence-electron chi connectivity index (χ0n) is 11.9. The van der Waals surface area contributed by atoms with Crippen LogP contribution in [0.1, 0.15) is 24.8 Å². The largest absolute Gasteiger partial charge is 0.481 e. The maximum absolute atomic E-state index is 13.9. The number of hydrogen-bond acceptors (Lipinski definition) is 4. The van der Waals surface area contributed by atoms with E-state index in [1.54, 1.807) is 7.11 Å². The fourth-order valence-corrected chi connectivity index (χ4v) is 3.40. The molecule has 2 rings (SSSR count). The molecule has 0 aromatic heterocycles. The number of rotatable bonds is 6. The van der Waals surface area contributed by atoms with Crippen molar-refractivity contribution >= 4 is 17.7 Å². The molecule has 1 aromatic carbocycles. The lowest BCUT2D eigenvalue weighted by Crippen LogP contribution is -2.35. The van der Waals surface area contributed by atoms with E-state index in [2.05, 4.69) is 0 Å². The van der Waals surface area contributed by atoms with Crippen LogP contribution >= 0.6 is 11.8 Å². The normalized spacial score (nSPS) is 17.6. The minimum absolute atomic E-state index is 0.0553. The summed E-state index contributed by atoms with van der Waals surface area (Å²) in [5.41, 5.74) is 0.286. The Hall–Kier alpha value is -1.11. The topological polar surface area (TPSA) is 55.8 Å². The monoisotopic (exact) mass is 314 g/mol. The van der Waals surface area contributed by atoms with Crippen molar-refractivity contribution in [3.63, 3.8) is 0 Å². The number of ether oxygens (including phenoxy) is 2. The van der Waals surface area contributed by atoms with E-state index >= 15 is 0 Å². The van der Waals surface area contributed by atoms with E-state index in [-0.39, 0.29) is 12.2 Å². The minimum Gasteiger partial charge on any atom is -0.481 e. The van der Waals surface area contributed by atoms with Crippen LogP contribution in [-0.2, 0) is 19.9 Å². The SMILES string of the molecule is COC1(c2cc(F)cc(SCCC(=O)O)c2)CCOCC1. The lowest BCUT2D eigenvalue weighted by Gasteiger charge is -2.36. The summed E-state index contributed by atoms with van der Waals surface area (Å²) in [5.74, 6) is -0.758. The molecule has 1 aromatic rings. The first-order valence-corrected chi connectivity index (χ1v) is 7.83. The molecular formula is C15H19FO4S. The number of methoxy groups -OCH3 is 1. The third-order valence-electron chi connectivity index (χ3n) is 3.67. The summed E-state index contributed by atoms with van der Waals surface area (Å²) in [6.45, 7) is 1.18. The van der Waals surface area contributed by atoms with Crippen molar-refractivity contribution in [1.82, 2.24) is 0 Å². The lowest BCUT2D eigenvalue weighted by molar-refractivity contribution is -0.136. The molecule has 0 atom stereocenters. The summed E-state index contributed by atoms with van der Waals surface area (Å²) in [6.07, 6.45) is 1.43. The van der Waals surface area contributed by atoms with E-state index < -0.39 is 11.6 Å². The van der Waals surface area contributed by atoms with Crippen molar-refractivity contribution in [2.45, 2.75) is 29.8 Å². The number of carboxylic acids is 1. The Balaban J connectivity index is 2.18. The quantitative estimate of drug-likeness (QED) is 0.818. The Labute approximate surface area is 127 Å². The molecule has 21 heavy (non-hydrogen) atoms. The zero-order chi connectivity index (χ0) is 15.3. The highest BCUT2D eigenvalue weighted by Crippen LogP contribution is 2.37. The fourth-order valence-electron chi connectivity index (χ4n) is 2.48. The number of thioether (sulfide) groups is 1. The summed E-state index contributed by atoms with van der Waals surface area (Å²) in [4.78, 5) is 11.3. The van der Waals surface area contributed by atoms with Crippen molar-refractivity contribution in [2.75, 3.05) is 26.1 Å². The van der Waals surface area contributed by atoms with Crippen LogP contribution in [0.25, 0.3) is 0 Å². The van der Waals surface area contributed by atoms with Gasteiger partial charge in [-0.3, -0.25) is 4.79 Å². The summed E-state index contributed by atoms with van der Waals surface area (Å²) < 4.78 is 24.9. The number of aliphatic carboxylic acids is 1. The Morgan fingerprint density at radius 2 is 2.14 bits per heavy atom. The predicted molar refractivity (Wildman–Crippen MR) is 78.1 cm³/mol. The van der Waals surface area contributed by atoms with Gasteiger partial charge in [0, 0.05) is 43.8 Å². The van der Waals surface area contributed by atoms with Gasteiger partial charge >= 0.3 is 5.97 Å². The Kier molecular flexibility index (Phi) is 5.61. The van der Waals surface area contributed by atoms with E-state index in [0.717, 1.165) is 10.5 Å². The van der Waals surface area contributed by atoms with Crippen LogP contribution in [-0.4, -0.2) is 37.2 Å². The summed E-state index contributed by atoms with van der Waals surface area (Å²) in [5, 5.41) is 8.66. The maximum Gasteiger partial charge on any atom is 0.304 e. The molecular weight excluding hydrogens is 295 g/mol. The summed E-state index contributed by atoms with van der Waals surface area (Å²) >= 11 is 1.34. The van der Waals surface area contributed by atoms with E-state index in [4.69, 9.17) is 14.6 Å². The molecule has 1 saturated heterocycles. The molecule has 1 aliphatic heterocycles. The van der Waals surface area contributed by atoms with E-state index in [1.165, 1.54) is 23.9 Å². The smallest absolute Gasteiger partial charge is 0.304 e. The molecule has 1 heterocycles. The summed E-state index contributed by atoms with van der Waals surface area (Å²) in [7, 11) is 1.63. The predicted octanol–water partition coefficient (Wildman–Crippen LogP) is 3.04. The third-order valence-corrected chi connectivity index (χ3v) is 4.65. The first-order valence-electron chi connectivity index (χ1n) is 6.84. The first kappa shape index (κ1) is 16.3. The van der Waals surface area contributed by atoms with Gasteiger partial charge < -0.3 is 14.6 Å². The maximum atomic E-state index is 13.9. The lowest BCUT2D eigenvalue weighted by atomic mass is 9.86. The Morgan fingerprint density at radius 3 is 2.76 bits per heavy atom. The average molecular weight is 314 g/mol. The standard InChI is InChI=1S/C15H19FO4S/c1-19-15(3-5-20-6-4-15)11-8-12(16)10-13(9-11)21-7-2-14(17)18/h8-10H,2-7H2,1H3,(H,17,18). The highest BCUT2D eigenvalue weighted by Gasteiger charge is 2.35. The first-order chi connectivity index (χ1) is 10.1. The number of carbonyl (C=O) groups is 1.